The number of carbonyl (C=O) groups is 1. The highest BCUT2D eigenvalue weighted by Crippen LogP contribution is 2.41. The average Bonchev–Trinajstić information content (AvgIpc) is 2.20. The van der Waals surface area contributed by atoms with E-state index in [1.807, 2.05) is 0 Å². The van der Waals surface area contributed by atoms with Gasteiger partial charge >= 0.3 is 5.97 Å². The molecule has 1 N–H and O–H groups in total. The maximum Gasteiger partial charge on any atom is 0.304 e. The number of carboxylic acid groups (broad SMARTS) is 1. The minimum Gasteiger partial charge on any atom is -0.493 e. The molecule has 1 aromatic carbocycles. The minimum atomic E-state index is -0.957. The van der Waals surface area contributed by atoms with Gasteiger partial charge in [-0.05, 0) is 18.6 Å². The van der Waals surface area contributed by atoms with Gasteiger partial charge in [-0.1, -0.05) is 25.4 Å². The van der Waals surface area contributed by atoms with Crippen LogP contribution in [0.1, 0.15) is 31.4 Å². The van der Waals surface area contributed by atoms with E-state index in [-0.39, 0.29) is 17.2 Å². The van der Waals surface area contributed by atoms with Crippen LogP contribution in [0.4, 0.5) is 4.39 Å². The van der Waals surface area contributed by atoms with E-state index in [4.69, 9.17) is 21.4 Å². The van der Waals surface area contributed by atoms with E-state index in [2.05, 4.69) is 0 Å². The molecule has 0 heterocycles. The predicted octanol–water partition coefficient (Wildman–Crippen LogP) is 3.55. The number of halogens is 2. The molecule has 0 radical (unpaired) electrons. The molecule has 0 amide bonds. The highest BCUT2D eigenvalue weighted by Gasteiger charge is 2.31. The molecule has 0 aliphatic rings. The Balaban J connectivity index is 3.51. The Labute approximate surface area is 111 Å². The Morgan fingerprint density at radius 2 is 2.11 bits per heavy atom. The molecule has 0 aliphatic carbocycles. The number of rotatable bonds is 4. The van der Waals surface area contributed by atoms with Crippen molar-refractivity contribution in [2.24, 2.45) is 0 Å². The van der Waals surface area contributed by atoms with Gasteiger partial charge < -0.3 is 9.84 Å². The molecule has 0 atom stereocenters. The van der Waals surface area contributed by atoms with Crippen LogP contribution in [0.3, 0.4) is 0 Å². The standard InChI is InChI=1S/C13H16ClFO3/c1-7-8(14)5-9(15)12(18-4)11(7)13(2,3)6-10(16)17/h5H,6H2,1-4H3,(H,16,17). The van der Waals surface area contributed by atoms with E-state index in [9.17, 15) is 9.18 Å². The molecule has 0 bridgehead atoms. The summed E-state index contributed by atoms with van der Waals surface area (Å²) in [5.74, 6) is -1.48. The van der Waals surface area contributed by atoms with E-state index in [0.29, 0.717) is 11.1 Å². The van der Waals surface area contributed by atoms with Crippen LogP contribution < -0.4 is 4.74 Å². The molecule has 0 aromatic heterocycles. The molecule has 0 spiro atoms. The third-order valence-corrected chi connectivity index (χ3v) is 3.30. The lowest BCUT2D eigenvalue weighted by atomic mass is 9.78. The van der Waals surface area contributed by atoms with Crippen LogP contribution in [0.25, 0.3) is 0 Å². The smallest absolute Gasteiger partial charge is 0.304 e. The van der Waals surface area contributed by atoms with E-state index in [0.717, 1.165) is 0 Å². The van der Waals surface area contributed by atoms with Gasteiger partial charge in [0.15, 0.2) is 11.6 Å². The van der Waals surface area contributed by atoms with E-state index in [1.54, 1.807) is 20.8 Å². The Kier molecular flexibility index (Phi) is 4.22. The van der Waals surface area contributed by atoms with Crippen LogP contribution in [0.2, 0.25) is 5.02 Å². The fraction of sp³-hybridized carbons (Fsp3) is 0.462. The number of hydrogen-bond acceptors (Lipinski definition) is 2. The van der Waals surface area contributed by atoms with Crippen molar-refractivity contribution in [2.45, 2.75) is 32.6 Å². The molecule has 0 saturated heterocycles. The van der Waals surface area contributed by atoms with Gasteiger partial charge in [-0.2, -0.15) is 0 Å². The molecule has 5 heteroatoms. The van der Waals surface area contributed by atoms with Crippen LogP contribution in [0.15, 0.2) is 6.07 Å². The fourth-order valence-corrected chi connectivity index (χ4v) is 2.37. The van der Waals surface area contributed by atoms with Gasteiger partial charge in [0.05, 0.1) is 13.5 Å². The van der Waals surface area contributed by atoms with Crippen LogP contribution in [0.5, 0.6) is 5.75 Å². The summed E-state index contributed by atoms with van der Waals surface area (Å²) in [6, 6.07) is 1.18. The number of ether oxygens (including phenoxy) is 1. The normalized spacial score (nSPS) is 11.4. The molecule has 0 aliphatic heterocycles. The zero-order chi connectivity index (χ0) is 14.1. The highest BCUT2D eigenvalue weighted by atomic mass is 35.5. The Hall–Kier alpha value is -1.29. The quantitative estimate of drug-likeness (QED) is 0.913. The van der Waals surface area contributed by atoms with Crippen molar-refractivity contribution in [2.75, 3.05) is 7.11 Å². The number of carboxylic acids is 1. The lowest BCUT2D eigenvalue weighted by molar-refractivity contribution is -0.138. The summed E-state index contributed by atoms with van der Waals surface area (Å²) in [4.78, 5) is 10.9. The van der Waals surface area contributed by atoms with Crippen LogP contribution in [-0.4, -0.2) is 18.2 Å². The molecule has 3 nitrogen and oxygen atoms in total. The third-order valence-electron chi connectivity index (χ3n) is 2.90. The molecular weight excluding hydrogens is 259 g/mol. The van der Waals surface area contributed by atoms with Gasteiger partial charge in [0.2, 0.25) is 0 Å². The van der Waals surface area contributed by atoms with Gasteiger partial charge in [0.25, 0.3) is 0 Å². The molecule has 18 heavy (non-hydrogen) atoms. The van der Waals surface area contributed by atoms with Crippen molar-refractivity contribution in [3.05, 3.63) is 28.0 Å². The molecule has 1 rings (SSSR count). The largest absolute Gasteiger partial charge is 0.493 e. The van der Waals surface area contributed by atoms with Crippen molar-refractivity contribution >= 4 is 17.6 Å². The summed E-state index contributed by atoms with van der Waals surface area (Å²) in [6.45, 7) is 5.17. The van der Waals surface area contributed by atoms with Crippen molar-refractivity contribution in [1.29, 1.82) is 0 Å². The van der Waals surface area contributed by atoms with Crippen LogP contribution >= 0.6 is 11.6 Å². The van der Waals surface area contributed by atoms with Crippen molar-refractivity contribution in [1.82, 2.24) is 0 Å². The number of methoxy groups -OCH3 is 1. The van der Waals surface area contributed by atoms with Gasteiger partial charge in [-0.3, -0.25) is 4.79 Å². The first-order valence-corrected chi connectivity index (χ1v) is 5.83. The van der Waals surface area contributed by atoms with E-state index in [1.165, 1.54) is 13.2 Å². The van der Waals surface area contributed by atoms with Crippen LogP contribution in [0, 0.1) is 12.7 Å². The van der Waals surface area contributed by atoms with Gasteiger partial charge in [0, 0.05) is 16.0 Å². The predicted molar refractivity (Wildman–Crippen MR) is 68.0 cm³/mol. The second kappa shape index (κ2) is 5.14. The summed E-state index contributed by atoms with van der Waals surface area (Å²) in [7, 11) is 1.35. The number of hydrogen-bond donors (Lipinski definition) is 1. The first-order chi connectivity index (χ1) is 8.20. The number of aliphatic carboxylic acids is 1. The lowest BCUT2D eigenvalue weighted by Crippen LogP contribution is -2.24. The molecule has 0 fully saturated rings. The maximum atomic E-state index is 13.8. The summed E-state index contributed by atoms with van der Waals surface area (Å²) >= 11 is 5.95. The topological polar surface area (TPSA) is 46.5 Å². The van der Waals surface area contributed by atoms with Gasteiger partial charge in [-0.15, -0.1) is 0 Å². The van der Waals surface area contributed by atoms with Crippen molar-refractivity contribution in [3.63, 3.8) is 0 Å². The summed E-state index contributed by atoms with van der Waals surface area (Å²) in [5, 5.41) is 9.20. The molecular formula is C13H16ClFO3. The zero-order valence-corrected chi connectivity index (χ0v) is 11.6. The first-order valence-electron chi connectivity index (χ1n) is 5.45. The summed E-state index contributed by atoms with van der Waals surface area (Å²) in [6.07, 6.45) is -0.135. The third kappa shape index (κ3) is 2.75. The molecule has 100 valence electrons. The van der Waals surface area contributed by atoms with Crippen molar-refractivity contribution in [3.8, 4) is 5.75 Å². The van der Waals surface area contributed by atoms with E-state index < -0.39 is 17.2 Å². The average molecular weight is 275 g/mol. The molecule has 0 unspecified atom stereocenters. The monoisotopic (exact) mass is 274 g/mol. The first kappa shape index (κ1) is 14.8. The Morgan fingerprint density at radius 3 is 2.56 bits per heavy atom. The maximum absolute atomic E-state index is 13.8. The van der Waals surface area contributed by atoms with E-state index >= 15 is 0 Å². The van der Waals surface area contributed by atoms with Crippen LogP contribution in [-0.2, 0) is 10.2 Å². The molecule has 0 saturated carbocycles. The van der Waals surface area contributed by atoms with Gasteiger partial charge in [-0.25, -0.2) is 4.39 Å². The van der Waals surface area contributed by atoms with Crippen molar-refractivity contribution < 1.29 is 19.0 Å². The SMILES string of the molecule is COc1c(F)cc(Cl)c(C)c1C(C)(C)CC(=O)O. The molecule has 1 aromatic rings. The highest BCUT2D eigenvalue weighted by molar-refractivity contribution is 6.31. The summed E-state index contributed by atoms with van der Waals surface area (Å²) < 4.78 is 18.9. The zero-order valence-electron chi connectivity index (χ0n) is 10.8. The lowest BCUT2D eigenvalue weighted by Gasteiger charge is -2.28. The second-order valence-corrected chi connectivity index (χ2v) is 5.24. The second-order valence-electron chi connectivity index (χ2n) is 4.83. The Morgan fingerprint density at radius 1 is 1.56 bits per heavy atom. The summed E-state index contributed by atoms with van der Waals surface area (Å²) in [5.41, 5.74) is 0.367. The Bertz CT molecular complexity index is 484. The minimum absolute atomic E-state index is 0.0585. The fourth-order valence-electron chi connectivity index (χ4n) is 2.18. The van der Waals surface area contributed by atoms with Gasteiger partial charge in [0.1, 0.15) is 0 Å². The number of benzene rings is 1.